The van der Waals surface area contributed by atoms with Crippen LogP contribution in [0.25, 0.3) is 0 Å². The van der Waals surface area contributed by atoms with Gasteiger partial charge in [-0.05, 0) is 25.7 Å². The van der Waals surface area contributed by atoms with E-state index in [1.807, 2.05) is 72.9 Å². The Morgan fingerprint density at radius 1 is 0.500 bits per heavy atom. The Hall–Kier alpha value is -1.80. The summed E-state index contributed by atoms with van der Waals surface area (Å²) in [6, 6.07) is 7.80. The lowest BCUT2D eigenvalue weighted by Crippen LogP contribution is -3.00. The minimum Gasteiger partial charge on any atom is -1.00 e. The largest absolute Gasteiger partial charge is 1.00 e. The van der Waals surface area contributed by atoms with E-state index in [2.05, 4.69) is 23.0 Å². The molecule has 6 nitrogen and oxygen atoms in total. The van der Waals surface area contributed by atoms with Crippen LogP contribution in [0.4, 0.5) is 0 Å². The number of amides is 2. The number of aromatic nitrogens is 2. The van der Waals surface area contributed by atoms with Crippen molar-refractivity contribution >= 4 is 11.8 Å². The molecule has 44 heavy (non-hydrogen) atoms. The smallest absolute Gasteiger partial charge is 0.254 e. The van der Waals surface area contributed by atoms with Crippen molar-refractivity contribution in [2.75, 3.05) is 27.2 Å². The Bertz CT molecular complexity index is 921. The topological polar surface area (TPSA) is 48.4 Å². The Labute approximate surface area is 290 Å². The highest BCUT2D eigenvalue weighted by Crippen LogP contribution is 2.09. The van der Waals surface area contributed by atoms with Gasteiger partial charge in [-0.2, -0.15) is 0 Å². The van der Waals surface area contributed by atoms with Crippen LogP contribution in [0.3, 0.4) is 0 Å². The Morgan fingerprint density at radius 3 is 1.14 bits per heavy atom. The molecule has 2 heterocycles. The van der Waals surface area contributed by atoms with Gasteiger partial charge in [-0.25, -0.2) is 9.13 Å². The van der Waals surface area contributed by atoms with E-state index in [4.69, 9.17) is 0 Å². The molecule has 0 radical (unpaired) electrons. The van der Waals surface area contributed by atoms with Crippen molar-refractivity contribution in [2.45, 2.75) is 130 Å². The summed E-state index contributed by atoms with van der Waals surface area (Å²) in [7, 11) is 3.78. The Balaban J connectivity index is 0.00000924. The fraction of sp³-hybridized carbons (Fsp3) is 0.667. The molecule has 250 valence electrons. The molecular weight excluding hydrogens is 680 g/mol. The predicted molar refractivity (Wildman–Crippen MR) is 172 cm³/mol. The van der Waals surface area contributed by atoms with Crippen molar-refractivity contribution in [3.05, 3.63) is 60.2 Å². The third kappa shape index (κ3) is 17.6. The van der Waals surface area contributed by atoms with Crippen LogP contribution in [0.15, 0.2) is 49.1 Å². The van der Waals surface area contributed by atoms with Gasteiger partial charge in [0.05, 0.1) is 11.1 Å². The van der Waals surface area contributed by atoms with Crippen LogP contribution in [-0.2, 0) is 13.1 Å². The van der Waals surface area contributed by atoms with Gasteiger partial charge in [-0.15, -0.1) is 0 Å². The fourth-order valence-corrected chi connectivity index (χ4v) is 5.34. The molecule has 0 aromatic carbocycles. The summed E-state index contributed by atoms with van der Waals surface area (Å²) in [4.78, 5) is 29.3. The number of carbonyl (C=O) groups excluding carboxylic acids is 2. The van der Waals surface area contributed by atoms with Gasteiger partial charge in [0.2, 0.25) is 0 Å². The highest BCUT2D eigenvalue weighted by atomic mass is 79.9. The van der Waals surface area contributed by atoms with Crippen molar-refractivity contribution in [2.24, 2.45) is 0 Å². The lowest BCUT2D eigenvalue weighted by Gasteiger charge is -2.18. The third-order valence-electron chi connectivity index (χ3n) is 8.25. The molecule has 0 saturated carbocycles. The lowest BCUT2D eigenvalue weighted by atomic mass is 10.1. The molecule has 8 heteroatoms. The standard InChI is InChI=1S/C36H60N4O2.2BrH/c1-5-7-9-11-13-19-27-39-29-21-33(22-30-39)35(41)37(3)25-17-15-16-18-26-38(4)36(42)34-23-31-40(32-24-34)28-20-14-12-10-8-6-2;;/h21-24,29-32H,5-20,25-28H2,1-4H3;2*1H/q+2;;/p-2. The summed E-state index contributed by atoms with van der Waals surface area (Å²) < 4.78 is 4.37. The maximum absolute atomic E-state index is 12.8. The van der Waals surface area contributed by atoms with Crippen LogP contribution in [0, 0.1) is 0 Å². The van der Waals surface area contributed by atoms with E-state index in [-0.39, 0.29) is 45.8 Å². The molecule has 0 aliphatic rings. The van der Waals surface area contributed by atoms with Crippen LogP contribution in [0.1, 0.15) is 137 Å². The number of rotatable bonds is 23. The molecule has 2 amide bonds. The van der Waals surface area contributed by atoms with Gasteiger partial charge in [0.15, 0.2) is 24.8 Å². The summed E-state index contributed by atoms with van der Waals surface area (Å²) in [5.41, 5.74) is 1.51. The number of nitrogens with zero attached hydrogens (tertiary/aromatic N) is 4. The van der Waals surface area contributed by atoms with Crippen LogP contribution >= 0.6 is 0 Å². The van der Waals surface area contributed by atoms with Gasteiger partial charge in [-0.1, -0.05) is 78.1 Å². The van der Waals surface area contributed by atoms with E-state index in [0.717, 1.165) is 63.0 Å². The average Bonchev–Trinajstić information content (AvgIpc) is 3.02. The molecule has 0 bridgehead atoms. The first-order valence-corrected chi connectivity index (χ1v) is 16.9. The summed E-state index contributed by atoms with van der Waals surface area (Å²) >= 11 is 0. The molecule has 2 aromatic rings. The molecule has 0 fully saturated rings. The molecule has 0 unspecified atom stereocenters. The number of hydrogen-bond acceptors (Lipinski definition) is 2. The monoisotopic (exact) mass is 738 g/mol. The van der Waals surface area contributed by atoms with Gasteiger partial charge in [0, 0.05) is 64.3 Å². The first-order valence-electron chi connectivity index (χ1n) is 16.9. The number of carbonyl (C=O) groups is 2. The lowest BCUT2D eigenvalue weighted by molar-refractivity contribution is -0.697. The van der Waals surface area contributed by atoms with Gasteiger partial charge in [0.25, 0.3) is 11.8 Å². The number of unbranched alkanes of at least 4 members (excludes halogenated alkanes) is 13. The van der Waals surface area contributed by atoms with Crippen molar-refractivity contribution in [1.82, 2.24) is 9.80 Å². The second-order valence-electron chi connectivity index (χ2n) is 12.1. The summed E-state index contributed by atoms with van der Waals surface area (Å²) in [6.45, 7) is 8.03. The second-order valence-corrected chi connectivity index (χ2v) is 12.1. The third-order valence-corrected chi connectivity index (χ3v) is 8.25. The van der Waals surface area contributed by atoms with E-state index in [1.165, 1.54) is 77.0 Å². The number of halogens is 2. The molecule has 0 N–H and O–H groups in total. The molecule has 0 aliphatic carbocycles. The zero-order valence-corrected chi connectivity index (χ0v) is 31.3. The maximum Gasteiger partial charge on any atom is 0.254 e. The Kier molecular flexibility index (Phi) is 25.3. The van der Waals surface area contributed by atoms with Gasteiger partial charge in [-0.3, -0.25) is 9.59 Å². The van der Waals surface area contributed by atoms with E-state index in [0.29, 0.717) is 0 Å². The van der Waals surface area contributed by atoms with E-state index < -0.39 is 0 Å². The normalized spacial score (nSPS) is 10.5. The average molecular weight is 741 g/mol. The van der Waals surface area contributed by atoms with E-state index in [9.17, 15) is 9.59 Å². The number of aryl methyl sites for hydroxylation is 2. The van der Waals surface area contributed by atoms with Gasteiger partial charge < -0.3 is 43.8 Å². The Morgan fingerprint density at radius 2 is 0.795 bits per heavy atom. The molecule has 0 atom stereocenters. The van der Waals surface area contributed by atoms with Gasteiger partial charge >= 0.3 is 0 Å². The summed E-state index contributed by atoms with van der Waals surface area (Å²) in [6.07, 6.45) is 27.7. The zero-order chi connectivity index (χ0) is 30.4. The molecule has 0 spiro atoms. The molecular formula is C36H60Br2N4O2. The van der Waals surface area contributed by atoms with Crippen molar-refractivity contribution < 1.29 is 52.7 Å². The zero-order valence-electron chi connectivity index (χ0n) is 28.1. The van der Waals surface area contributed by atoms with Crippen LogP contribution in [0.2, 0.25) is 0 Å². The molecule has 2 rings (SSSR count). The minimum atomic E-state index is 0. The molecule has 0 aliphatic heterocycles. The number of pyridine rings is 2. The first kappa shape index (κ1) is 42.2. The van der Waals surface area contributed by atoms with Crippen molar-refractivity contribution in [3.8, 4) is 0 Å². The first-order chi connectivity index (χ1) is 20.5. The van der Waals surface area contributed by atoms with Gasteiger partial charge in [0.1, 0.15) is 13.1 Å². The quantitative estimate of drug-likeness (QED) is 0.128. The second kappa shape index (κ2) is 26.4. The fourth-order valence-electron chi connectivity index (χ4n) is 5.34. The summed E-state index contributed by atoms with van der Waals surface area (Å²) in [5, 5.41) is 0. The van der Waals surface area contributed by atoms with Crippen LogP contribution < -0.4 is 43.1 Å². The van der Waals surface area contributed by atoms with Crippen LogP contribution in [0.5, 0.6) is 0 Å². The summed E-state index contributed by atoms with van der Waals surface area (Å²) in [5.74, 6) is 0.173. The number of hydrogen-bond donors (Lipinski definition) is 0. The molecule has 0 saturated heterocycles. The molecule has 2 aromatic heterocycles. The minimum absolute atomic E-state index is 0. The highest BCUT2D eigenvalue weighted by molar-refractivity contribution is 5.94. The van der Waals surface area contributed by atoms with E-state index in [1.54, 1.807) is 0 Å². The SMILES string of the molecule is CCCCCCCC[n+]1ccc(C(=O)N(C)CCCCCCN(C)C(=O)c2cc[n+](CCCCCCCC)cc2)cc1.[Br-].[Br-]. The maximum atomic E-state index is 12.8. The van der Waals surface area contributed by atoms with E-state index >= 15 is 0 Å². The highest BCUT2D eigenvalue weighted by Gasteiger charge is 2.15. The van der Waals surface area contributed by atoms with Crippen molar-refractivity contribution in [1.29, 1.82) is 0 Å². The van der Waals surface area contributed by atoms with Crippen molar-refractivity contribution in [3.63, 3.8) is 0 Å². The van der Waals surface area contributed by atoms with Crippen LogP contribution in [-0.4, -0.2) is 48.8 Å². The predicted octanol–water partition coefficient (Wildman–Crippen LogP) is 1.40.